The first-order valence-electron chi connectivity index (χ1n) is 8.00. The third-order valence-corrected chi connectivity index (χ3v) is 5.51. The van der Waals surface area contributed by atoms with Gasteiger partial charge >= 0.3 is 0 Å². The van der Waals surface area contributed by atoms with E-state index in [1.807, 2.05) is 60.5 Å². The molecule has 0 spiro atoms. The summed E-state index contributed by atoms with van der Waals surface area (Å²) >= 11 is 1.63. The predicted molar refractivity (Wildman–Crippen MR) is 103 cm³/mol. The number of likely N-dealkylation sites (N-methyl/N-ethyl adjacent to an activating group) is 1. The lowest BCUT2D eigenvalue weighted by molar-refractivity contribution is -0.131. The van der Waals surface area contributed by atoms with Gasteiger partial charge < -0.3 is 10.2 Å². The van der Waals surface area contributed by atoms with E-state index in [-0.39, 0.29) is 23.6 Å². The highest BCUT2D eigenvalue weighted by Gasteiger charge is 2.30. The number of carbonyl (C=O) groups excluding carboxylic acids is 1. The van der Waals surface area contributed by atoms with Crippen molar-refractivity contribution in [1.82, 2.24) is 10.2 Å². The third kappa shape index (κ3) is 4.53. The first-order chi connectivity index (χ1) is 11.3. The summed E-state index contributed by atoms with van der Waals surface area (Å²) in [7, 11) is 1.93. The Hall–Kier alpha value is -1.49. The largest absolute Gasteiger partial charge is 0.340 e. The van der Waals surface area contributed by atoms with E-state index in [2.05, 4.69) is 17.4 Å². The van der Waals surface area contributed by atoms with Gasteiger partial charge in [-0.1, -0.05) is 48.5 Å². The maximum absolute atomic E-state index is 13.1. The lowest BCUT2D eigenvalue weighted by Crippen LogP contribution is -2.40. The van der Waals surface area contributed by atoms with Crippen LogP contribution in [0.25, 0.3) is 0 Å². The van der Waals surface area contributed by atoms with Crippen molar-refractivity contribution in [2.24, 2.45) is 0 Å². The summed E-state index contributed by atoms with van der Waals surface area (Å²) in [5.41, 5.74) is 1.06. The fourth-order valence-electron chi connectivity index (χ4n) is 2.86. The highest BCUT2D eigenvalue weighted by Crippen LogP contribution is 2.36. The van der Waals surface area contributed by atoms with Crippen LogP contribution in [0, 0.1) is 0 Å². The molecular formula is C19H23ClN2OS. The molecule has 2 aromatic rings. The van der Waals surface area contributed by atoms with Gasteiger partial charge in [-0.2, -0.15) is 0 Å². The molecular weight excluding hydrogens is 340 g/mol. The molecule has 1 aliphatic heterocycles. The number of nitrogens with one attached hydrogen (secondary N) is 1. The van der Waals surface area contributed by atoms with E-state index in [1.165, 1.54) is 0 Å². The van der Waals surface area contributed by atoms with Crippen molar-refractivity contribution in [2.45, 2.75) is 22.6 Å². The molecule has 0 radical (unpaired) electrons. The van der Waals surface area contributed by atoms with Crippen molar-refractivity contribution < 1.29 is 4.79 Å². The van der Waals surface area contributed by atoms with Gasteiger partial charge in [0.1, 0.15) is 5.25 Å². The normalized spacial score (nSPS) is 17.8. The lowest BCUT2D eigenvalue weighted by Gasteiger charge is -2.28. The highest BCUT2D eigenvalue weighted by atomic mass is 35.5. The average molecular weight is 363 g/mol. The fraction of sp³-hybridized carbons (Fsp3) is 0.316. The number of carbonyl (C=O) groups is 1. The second-order valence-electron chi connectivity index (χ2n) is 5.82. The molecule has 0 saturated carbocycles. The van der Waals surface area contributed by atoms with E-state index in [0.717, 1.165) is 30.0 Å². The van der Waals surface area contributed by atoms with Gasteiger partial charge in [-0.15, -0.1) is 24.2 Å². The molecule has 3 rings (SSSR count). The van der Waals surface area contributed by atoms with Gasteiger partial charge in [-0.05, 0) is 30.7 Å². The molecule has 24 heavy (non-hydrogen) atoms. The van der Waals surface area contributed by atoms with E-state index in [4.69, 9.17) is 0 Å². The zero-order chi connectivity index (χ0) is 16.1. The molecule has 1 heterocycles. The van der Waals surface area contributed by atoms with Crippen molar-refractivity contribution in [2.75, 3.05) is 20.1 Å². The quantitative estimate of drug-likeness (QED) is 0.822. The summed E-state index contributed by atoms with van der Waals surface area (Å²) in [6.07, 6.45) is 1.03. The molecule has 1 N–H and O–H groups in total. The Morgan fingerprint density at radius 3 is 2.33 bits per heavy atom. The molecule has 1 fully saturated rings. The van der Waals surface area contributed by atoms with Crippen LogP contribution in [0.2, 0.25) is 0 Å². The molecule has 128 valence electrons. The van der Waals surface area contributed by atoms with Crippen molar-refractivity contribution in [3.8, 4) is 0 Å². The smallest absolute Gasteiger partial charge is 0.240 e. The van der Waals surface area contributed by atoms with Crippen molar-refractivity contribution in [3.63, 3.8) is 0 Å². The zero-order valence-corrected chi connectivity index (χ0v) is 15.4. The Bertz CT molecular complexity index is 632. The maximum Gasteiger partial charge on any atom is 0.240 e. The average Bonchev–Trinajstić information content (AvgIpc) is 3.15. The highest BCUT2D eigenvalue weighted by molar-refractivity contribution is 8.00. The molecule has 1 saturated heterocycles. The van der Waals surface area contributed by atoms with E-state index in [1.54, 1.807) is 11.8 Å². The van der Waals surface area contributed by atoms with Crippen LogP contribution < -0.4 is 5.32 Å². The van der Waals surface area contributed by atoms with Gasteiger partial charge in [0.2, 0.25) is 5.91 Å². The van der Waals surface area contributed by atoms with Gasteiger partial charge in [0, 0.05) is 24.5 Å². The molecule has 0 bridgehead atoms. The van der Waals surface area contributed by atoms with Crippen LogP contribution in [0.15, 0.2) is 65.6 Å². The van der Waals surface area contributed by atoms with E-state index in [0.29, 0.717) is 6.04 Å². The van der Waals surface area contributed by atoms with Crippen LogP contribution in [0.1, 0.15) is 17.2 Å². The molecule has 1 aliphatic rings. The lowest BCUT2D eigenvalue weighted by atomic mass is 10.1. The number of hydrogen-bond acceptors (Lipinski definition) is 3. The number of hydrogen-bond donors (Lipinski definition) is 1. The summed E-state index contributed by atoms with van der Waals surface area (Å²) in [6, 6.07) is 20.5. The number of amides is 1. The van der Waals surface area contributed by atoms with Gasteiger partial charge in [0.25, 0.3) is 0 Å². The summed E-state index contributed by atoms with van der Waals surface area (Å²) < 4.78 is 0. The Kier molecular flexibility index (Phi) is 7.16. The molecule has 5 heteroatoms. The fourth-order valence-corrected chi connectivity index (χ4v) is 4.01. The van der Waals surface area contributed by atoms with Gasteiger partial charge in [0.05, 0.1) is 0 Å². The summed E-state index contributed by atoms with van der Waals surface area (Å²) in [4.78, 5) is 16.2. The summed E-state index contributed by atoms with van der Waals surface area (Å²) in [5, 5.41) is 3.13. The SMILES string of the molecule is CN(C(=O)C(Sc1ccccc1)c1ccccc1)C1CCNC1.Cl. The van der Waals surface area contributed by atoms with Crippen molar-refractivity contribution in [3.05, 3.63) is 66.2 Å². The van der Waals surface area contributed by atoms with Gasteiger partial charge in [0.15, 0.2) is 0 Å². The monoisotopic (exact) mass is 362 g/mol. The van der Waals surface area contributed by atoms with Gasteiger partial charge in [-0.25, -0.2) is 0 Å². The Balaban J connectivity index is 0.00000208. The Labute approximate surface area is 154 Å². The van der Waals surface area contributed by atoms with E-state index < -0.39 is 0 Å². The maximum atomic E-state index is 13.1. The topological polar surface area (TPSA) is 32.3 Å². The molecule has 0 aliphatic carbocycles. The van der Waals surface area contributed by atoms with Gasteiger partial charge in [-0.3, -0.25) is 4.79 Å². The molecule has 2 atom stereocenters. The summed E-state index contributed by atoms with van der Waals surface area (Å²) in [6.45, 7) is 1.88. The minimum Gasteiger partial charge on any atom is -0.340 e. The first-order valence-corrected chi connectivity index (χ1v) is 8.87. The van der Waals surface area contributed by atoms with Crippen molar-refractivity contribution in [1.29, 1.82) is 0 Å². The number of halogens is 1. The Morgan fingerprint density at radius 1 is 1.12 bits per heavy atom. The minimum atomic E-state index is -0.204. The van der Waals surface area contributed by atoms with E-state index >= 15 is 0 Å². The van der Waals surface area contributed by atoms with Crippen LogP contribution in [-0.4, -0.2) is 37.0 Å². The van der Waals surface area contributed by atoms with Crippen LogP contribution >= 0.6 is 24.2 Å². The minimum absolute atomic E-state index is 0. The van der Waals surface area contributed by atoms with Crippen LogP contribution in [0.3, 0.4) is 0 Å². The number of benzene rings is 2. The molecule has 2 aromatic carbocycles. The second kappa shape index (κ2) is 9.11. The van der Waals surface area contributed by atoms with Crippen LogP contribution in [0.5, 0.6) is 0 Å². The number of nitrogens with zero attached hydrogens (tertiary/aromatic N) is 1. The van der Waals surface area contributed by atoms with Crippen LogP contribution in [-0.2, 0) is 4.79 Å². The van der Waals surface area contributed by atoms with Crippen molar-refractivity contribution >= 4 is 30.1 Å². The van der Waals surface area contributed by atoms with E-state index in [9.17, 15) is 4.79 Å². The molecule has 3 nitrogen and oxygen atoms in total. The van der Waals surface area contributed by atoms with Crippen LogP contribution in [0.4, 0.5) is 0 Å². The molecule has 1 amide bonds. The predicted octanol–water partition coefficient (Wildman–Crippen LogP) is 3.76. The zero-order valence-electron chi connectivity index (χ0n) is 13.7. The first kappa shape index (κ1) is 18.8. The Morgan fingerprint density at radius 2 is 1.75 bits per heavy atom. The number of thioether (sulfide) groups is 1. The third-order valence-electron chi connectivity index (χ3n) is 4.25. The summed E-state index contributed by atoms with van der Waals surface area (Å²) in [5.74, 6) is 0.179. The second-order valence-corrected chi connectivity index (χ2v) is 7.00. The number of rotatable bonds is 5. The standard InChI is InChI=1S/C19H22N2OS.ClH/c1-21(16-12-13-20-14-16)19(22)18(15-8-4-2-5-9-15)23-17-10-6-3-7-11-17;/h2-11,16,18,20H,12-14H2,1H3;1H. The molecule has 0 aromatic heterocycles. The molecule has 2 unspecified atom stereocenters.